The predicted octanol–water partition coefficient (Wildman–Crippen LogP) is 2.26. The second kappa shape index (κ2) is 6.45. The van der Waals surface area contributed by atoms with Crippen LogP contribution in [0.3, 0.4) is 0 Å². The molecule has 0 unspecified atom stereocenters. The normalized spacial score (nSPS) is 12.5. The van der Waals surface area contributed by atoms with Gasteiger partial charge in [0.15, 0.2) is 0 Å². The summed E-state index contributed by atoms with van der Waals surface area (Å²) >= 11 is 0. The molecule has 0 saturated heterocycles. The van der Waals surface area contributed by atoms with Gasteiger partial charge in [-0.05, 0) is 19.9 Å². The Morgan fingerprint density at radius 3 is 2.75 bits per heavy atom. The lowest BCUT2D eigenvalue weighted by Gasteiger charge is -2.13. The van der Waals surface area contributed by atoms with E-state index >= 15 is 0 Å². The van der Waals surface area contributed by atoms with Crippen LogP contribution < -0.4 is 10.5 Å². The molecule has 0 heterocycles. The third-order valence-corrected chi connectivity index (χ3v) is 2.16. The molecule has 0 radical (unpaired) electrons. The van der Waals surface area contributed by atoms with Gasteiger partial charge in [-0.15, -0.1) is 0 Å². The van der Waals surface area contributed by atoms with Crippen molar-refractivity contribution >= 4 is 0 Å². The van der Waals surface area contributed by atoms with E-state index in [1.807, 2.05) is 13.8 Å². The molecule has 0 fully saturated rings. The van der Waals surface area contributed by atoms with Crippen LogP contribution in [0.15, 0.2) is 18.2 Å². The summed E-state index contributed by atoms with van der Waals surface area (Å²) in [4.78, 5) is 0. The Hall–Kier alpha value is -1.13. The van der Waals surface area contributed by atoms with Crippen LogP contribution in [0.25, 0.3) is 0 Å². The molecular weight excluding hydrogens is 209 g/mol. The maximum absolute atomic E-state index is 13.0. The summed E-state index contributed by atoms with van der Waals surface area (Å²) in [6.07, 6.45) is 0. The van der Waals surface area contributed by atoms with E-state index in [-0.39, 0.29) is 11.9 Å². The smallest absolute Gasteiger partial charge is 0.127 e. The Labute approximate surface area is 95.4 Å². The van der Waals surface area contributed by atoms with E-state index in [2.05, 4.69) is 0 Å². The highest BCUT2D eigenvalue weighted by Crippen LogP contribution is 2.24. The van der Waals surface area contributed by atoms with Crippen molar-refractivity contribution in [2.24, 2.45) is 5.73 Å². The summed E-state index contributed by atoms with van der Waals surface area (Å²) in [5.74, 6) is 0.172. The van der Waals surface area contributed by atoms with Gasteiger partial charge in [-0.3, -0.25) is 0 Å². The number of rotatable bonds is 6. The summed E-state index contributed by atoms with van der Waals surface area (Å²) in [6, 6.07) is 4.21. The zero-order valence-corrected chi connectivity index (χ0v) is 9.70. The summed E-state index contributed by atoms with van der Waals surface area (Å²) in [6.45, 7) is 5.29. The van der Waals surface area contributed by atoms with Crippen molar-refractivity contribution in [3.63, 3.8) is 0 Å². The molecule has 0 aliphatic rings. The summed E-state index contributed by atoms with van der Waals surface area (Å²) in [7, 11) is 0. The fourth-order valence-corrected chi connectivity index (χ4v) is 1.36. The maximum atomic E-state index is 13.0. The molecule has 1 rings (SSSR count). The van der Waals surface area contributed by atoms with Crippen LogP contribution in [0.1, 0.15) is 25.5 Å². The first-order valence-electron chi connectivity index (χ1n) is 5.40. The number of benzene rings is 1. The van der Waals surface area contributed by atoms with Crippen LogP contribution in [0.5, 0.6) is 5.75 Å². The Bertz CT molecular complexity index is 329. The monoisotopic (exact) mass is 227 g/mol. The number of ether oxygens (including phenoxy) is 2. The highest BCUT2D eigenvalue weighted by atomic mass is 19.1. The minimum absolute atomic E-state index is 0.178. The molecule has 0 bridgehead atoms. The second-order valence-corrected chi connectivity index (χ2v) is 3.52. The second-order valence-electron chi connectivity index (χ2n) is 3.52. The predicted molar refractivity (Wildman–Crippen MR) is 61.0 cm³/mol. The van der Waals surface area contributed by atoms with E-state index in [4.69, 9.17) is 15.2 Å². The van der Waals surface area contributed by atoms with Crippen LogP contribution in [0.4, 0.5) is 4.39 Å². The molecule has 90 valence electrons. The molecule has 0 aliphatic carbocycles. The quantitative estimate of drug-likeness (QED) is 0.758. The van der Waals surface area contributed by atoms with E-state index in [9.17, 15) is 4.39 Å². The van der Waals surface area contributed by atoms with Gasteiger partial charge in [0.2, 0.25) is 0 Å². The molecule has 0 aromatic heterocycles. The van der Waals surface area contributed by atoms with Crippen LogP contribution in [0, 0.1) is 5.82 Å². The molecule has 1 aromatic carbocycles. The lowest BCUT2D eigenvalue weighted by molar-refractivity contribution is 0.109. The number of hydrogen-bond acceptors (Lipinski definition) is 3. The Morgan fingerprint density at radius 2 is 2.12 bits per heavy atom. The van der Waals surface area contributed by atoms with Gasteiger partial charge in [0.25, 0.3) is 0 Å². The zero-order valence-electron chi connectivity index (χ0n) is 9.70. The van der Waals surface area contributed by atoms with Crippen molar-refractivity contribution in [3.8, 4) is 5.75 Å². The van der Waals surface area contributed by atoms with E-state index in [1.54, 1.807) is 6.07 Å². The average molecular weight is 227 g/mol. The molecule has 2 N–H and O–H groups in total. The Kier molecular flexibility index (Phi) is 5.22. The average Bonchev–Trinajstić information content (AvgIpc) is 2.24. The minimum Gasteiger partial charge on any atom is -0.491 e. The van der Waals surface area contributed by atoms with Crippen molar-refractivity contribution in [2.75, 3.05) is 19.8 Å². The molecule has 16 heavy (non-hydrogen) atoms. The standard InChI is InChI=1S/C12H18FNO2/c1-3-15-6-7-16-12-8-10(13)4-5-11(12)9(2)14/h4-5,8-9H,3,6-7,14H2,1-2H3/t9-/m0/s1. The van der Waals surface area contributed by atoms with E-state index in [0.29, 0.717) is 25.6 Å². The number of halogens is 1. The molecule has 0 spiro atoms. The SMILES string of the molecule is CCOCCOc1cc(F)ccc1[C@H](C)N. The first-order chi connectivity index (χ1) is 7.65. The highest BCUT2D eigenvalue weighted by molar-refractivity contribution is 5.36. The molecule has 4 heteroatoms. The third kappa shape index (κ3) is 3.79. The summed E-state index contributed by atoms with van der Waals surface area (Å²) < 4.78 is 23.6. The third-order valence-electron chi connectivity index (χ3n) is 2.16. The van der Waals surface area contributed by atoms with Crippen LogP contribution in [-0.2, 0) is 4.74 Å². The van der Waals surface area contributed by atoms with Gasteiger partial charge in [0.05, 0.1) is 6.61 Å². The fraction of sp³-hybridized carbons (Fsp3) is 0.500. The van der Waals surface area contributed by atoms with Gasteiger partial charge in [-0.2, -0.15) is 0 Å². The van der Waals surface area contributed by atoms with Crippen molar-refractivity contribution in [1.29, 1.82) is 0 Å². The van der Waals surface area contributed by atoms with Crippen molar-refractivity contribution in [1.82, 2.24) is 0 Å². The van der Waals surface area contributed by atoms with Gasteiger partial charge in [-0.1, -0.05) is 6.07 Å². The fourth-order valence-electron chi connectivity index (χ4n) is 1.36. The van der Waals surface area contributed by atoms with Crippen molar-refractivity contribution in [2.45, 2.75) is 19.9 Å². The van der Waals surface area contributed by atoms with Crippen LogP contribution >= 0.6 is 0 Å². The Morgan fingerprint density at radius 1 is 1.38 bits per heavy atom. The number of nitrogens with two attached hydrogens (primary N) is 1. The van der Waals surface area contributed by atoms with Gasteiger partial charge in [0.1, 0.15) is 18.2 Å². The lowest BCUT2D eigenvalue weighted by atomic mass is 10.1. The van der Waals surface area contributed by atoms with E-state index < -0.39 is 0 Å². The maximum Gasteiger partial charge on any atom is 0.127 e. The largest absolute Gasteiger partial charge is 0.491 e. The summed E-state index contributed by atoms with van der Waals surface area (Å²) in [5.41, 5.74) is 6.56. The molecule has 0 saturated carbocycles. The number of hydrogen-bond donors (Lipinski definition) is 1. The van der Waals surface area contributed by atoms with Crippen molar-refractivity contribution < 1.29 is 13.9 Å². The zero-order chi connectivity index (χ0) is 12.0. The topological polar surface area (TPSA) is 44.5 Å². The molecule has 3 nitrogen and oxygen atoms in total. The highest BCUT2D eigenvalue weighted by Gasteiger charge is 2.09. The molecule has 1 atom stereocenters. The first kappa shape index (κ1) is 12.9. The van der Waals surface area contributed by atoms with Gasteiger partial charge >= 0.3 is 0 Å². The lowest BCUT2D eigenvalue weighted by Crippen LogP contribution is -2.11. The minimum atomic E-state index is -0.323. The van der Waals surface area contributed by atoms with E-state index in [0.717, 1.165) is 5.56 Å². The van der Waals surface area contributed by atoms with Gasteiger partial charge in [-0.25, -0.2) is 4.39 Å². The Balaban J connectivity index is 2.65. The molecule has 0 amide bonds. The molecular formula is C12H18FNO2. The van der Waals surface area contributed by atoms with Crippen LogP contribution in [0.2, 0.25) is 0 Å². The van der Waals surface area contributed by atoms with Gasteiger partial charge < -0.3 is 15.2 Å². The first-order valence-corrected chi connectivity index (χ1v) is 5.40. The molecule has 0 aliphatic heterocycles. The van der Waals surface area contributed by atoms with Gasteiger partial charge in [0, 0.05) is 24.3 Å². The molecule has 1 aromatic rings. The van der Waals surface area contributed by atoms with Crippen molar-refractivity contribution in [3.05, 3.63) is 29.6 Å². The van der Waals surface area contributed by atoms with E-state index in [1.165, 1.54) is 12.1 Å². The summed E-state index contributed by atoms with van der Waals surface area (Å²) in [5, 5.41) is 0. The van der Waals surface area contributed by atoms with Crippen LogP contribution in [-0.4, -0.2) is 19.8 Å².